The zero-order valence-corrected chi connectivity index (χ0v) is 38.3. The molecule has 0 spiro atoms. The number of aliphatic hydroxyl groups excluding tert-OH is 5. The van der Waals surface area contributed by atoms with Gasteiger partial charge in [0.15, 0.2) is 6.29 Å². The van der Waals surface area contributed by atoms with E-state index in [9.17, 15) is 30.3 Å². The number of hydrogen-bond acceptors (Lipinski definition) is 8. The first-order valence-corrected chi connectivity index (χ1v) is 25.0. The normalized spacial score (nSPS) is 20.8. The molecule has 1 rings (SSSR count). The maximum absolute atomic E-state index is 13.0. The first-order chi connectivity index (χ1) is 28.8. The van der Waals surface area contributed by atoms with Crippen molar-refractivity contribution in [2.45, 2.75) is 275 Å². The van der Waals surface area contributed by atoms with Crippen molar-refractivity contribution in [2.24, 2.45) is 0 Å². The fourth-order valence-corrected chi connectivity index (χ4v) is 8.02. The van der Waals surface area contributed by atoms with Crippen LogP contribution < -0.4 is 5.32 Å². The van der Waals surface area contributed by atoms with Gasteiger partial charge in [-0.25, -0.2) is 0 Å². The molecule has 0 aromatic rings. The lowest BCUT2D eigenvalue weighted by molar-refractivity contribution is -0.302. The van der Waals surface area contributed by atoms with Crippen LogP contribution in [0.2, 0.25) is 0 Å². The summed E-state index contributed by atoms with van der Waals surface area (Å²) >= 11 is 0. The second-order valence-corrected chi connectivity index (χ2v) is 17.6. The molecule has 1 aliphatic rings. The molecule has 0 saturated carbocycles. The number of rotatable bonds is 42. The van der Waals surface area contributed by atoms with Crippen LogP contribution in [0.5, 0.6) is 0 Å². The average Bonchev–Trinajstić information content (AvgIpc) is 3.23. The summed E-state index contributed by atoms with van der Waals surface area (Å²) in [6.07, 6.45) is 42.0. The van der Waals surface area contributed by atoms with E-state index in [2.05, 4.69) is 43.5 Å². The molecule has 0 aromatic carbocycles. The summed E-state index contributed by atoms with van der Waals surface area (Å²) in [5.41, 5.74) is 0. The molecule has 6 N–H and O–H groups in total. The summed E-state index contributed by atoms with van der Waals surface area (Å²) in [5.74, 6) is -0.149. The first kappa shape index (κ1) is 55.7. The van der Waals surface area contributed by atoms with Crippen molar-refractivity contribution in [3.8, 4) is 0 Å². The summed E-state index contributed by atoms with van der Waals surface area (Å²) < 4.78 is 11.3. The topological polar surface area (TPSA) is 149 Å². The summed E-state index contributed by atoms with van der Waals surface area (Å²) in [7, 11) is 0. The van der Waals surface area contributed by atoms with E-state index >= 15 is 0 Å². The number of ether oxygens (including phenoxy) is 2. The lowest BCUT2D eigenvalue weighted by atomic mass is 9.99. The molecule has 9 nitrogen and oxygen atoms in total. The van der Waals surface area contributed by atoms with Gasteiger partial charge in [0.05, 0.1) is 25.4 Å². The standard InChI is InChI=1S/C50H95NO8/c1-3-5-7-9-11-13-15-16-17-18-19-20-21-22-23-24-25-26-27-28-30-32-34-36-38-40-46(54)51-43(42-58-50-49(57)48(56)47(55)45(41-52)59-50)44(53)39-37-35-33-31-29-14-12-10-8-6-4-2/h19-20,22-23,43-45,47-50,52-53,55-57H,3-18,21,24-42H2,1-2H3,(H,51,54)/b20-19-,23-22-. The van der Waals surface area contributed by atoms with Gasteiger partial charge >= 0.3 is 0 Å². The predicted molar refractivity (Wildman–Crippen MR) is 244 cm³/mol. The minimum atomic E-state index is -1.55. The van der Waals surface area contributed by atoms with E-state index < -0.39 is 49.5 Å². The molecule has 0 aliphatic carbocycles. The molecule has 348 valence electrons. The number of allylic oxidation sites excluding steroid dienone is 4. The lowest BCUT2D eigenvalue weighted by Gasteiger charge is -2.40. The number of aliphatic hydroxyl groups is 5. The Labute approximate surface area is 362 Å². The van der Waals surface area contributed by atoms with E-state index in [4.69, 9.17) is 9.47 Å². The van der Waals surface area contributed by atoms with Crippen LogP contribution in [-0.2, 0) is 14.3 Å². The van der Waals surface area contributed by atoms with Crippen molar-refractivity contribution in [3.63, 3.8) is 0 Å². The Bertz CT molecular complexity index is 977. The molecular weight excluding hydrogens is 743 g/mol. The molecule has 0 radical (unpaired) electrons. The smallest absolute Gasteiger partial charge is 0.220 e. The van der Waals surface area contributed by atoms with Crippen molar-refractivity contribution in [1.29, 1.82) is 0 Å². The van der Waals surface area contributed by atoms with E-state index in [-0.39, 0.29) is 12.5 Å². The number of carbonyl (C=O) groups excluding carboxylic acids is 1. The first-order valence-electron chi connectivity index (χ1n) is 25.0. The highest BCUT2D eigenvalue weighted by molar-refractivity contribution is 5.76. The Morgan fingerprint density at radius 1 is 0.576 bits per heavy atom. The maximum atomic E-state index is 13.0. The van der Waals surface area contributed by atoms with Crippen molar-refractivity contribution in [2.75, 3.05) is 13.2 Å². The van der Waals surface area contributed by atoms with E-state index in [0.29, 0.717) is 12.8 Å². The molecule has 1 fully saturated rings. The molecule has 1 aliphatic heterocycles. The molecule has 1 amide bonds. The van der Waals surface area contributed by atoms with E-state index in [1.54, 1.807) is 0 Å². The Hall–Kier alpha value is -1.33. The second-order valence-electron chi connectivity index (χ2n) is 17.6. The lowest BCUT2D eigenvalue weighted by Crippen LogP contribution is -2.60. The van der Waals surface area contributed by atoms with E-state index in [1.165, 1.54) is 161 Å². The van der Waals surface area contributed by atoms with E-state index in [0.717, 1.165) is 44.9 Å². The van der Waals surface area contributed by atoms with Crippen molar-refractivity contribution in [1.82, 2.24) is 5.32 Å². The summed E-state index contributed by atoms with van der Waals surface area (Å²) in [6.45, 7) is 3.83. The number of nitrogens with one attached hydrogen (secondary N) is 1. The van der Waals surface area contributed by atoms with Gasteiger partial charge in [-0.15, -0.1) is 0 Å². The van der Waals surface area contributed by atoms with Crippen LogP contribution in [0.1, 0.15) is 232 Å². The quantitative estimate of drug-likeness (QED) is 0.0263. The SMILES string of the molecule is CCCCCCCCCCC/C=C\C/C=C\CCCCCCCCCCCC(=O)NC(COC1OC(CO)C(O)C(O)C1O)C(O)CCCCCCCCCCCCC. The third kappa shape index (κ3) is 31.2. The maximum Gasteiger partial charge on any atom is 0.220 e. The van der Waals surface area contributed by atoms with Crippen molar-refractivity contribution < 1.29 is 39.8 Å². The van der Waals surface area contributed by atoms with Gasteiger partial charge in [0.25, 0.3) is 0 Å². The van der Waals surface area contributed by atoms with E-state index in [1.807, 2.05) is 0 Å². The highest BCUT2D eigenvalue weighted by atomic mass is 16.7. The van der Waals surface area contributed by atoms with Gasteiger partial charge < -0.3 is 40.3 Å². The van der Waals surface area contributed by atoms with Gasteiger partial charge in [-0.1, -0.05) is 205 Å². The number of amides is 1. The fraction of sp³-hybridized carbons (Fsp3) is 0.900. The summed E-state index contributed by atoms with van der Waals surface area (Å²) in [5, 5.41) is 54.3. The second kappa shape index (κ2) is 40.7. The van der Waals surface area contributed by atoms with Gasteiger partial charge in [-0.05, 0) is 44.9 Å². The Balaban J connectivity index is 2.21. The molecule has 0 bridgehead atoms. The van der Waals surface area contributed by atoms with Crippen LogP contribution in [0.25, 0.3) is 0 Å². The molecule has 59 heavy (non-hydrogen) atoms. The van der Waals surface area contributed by atoms with Gasteiger partial charge in [0, 0.05) is 6.42 Å². The molecule has 9 heteroatoms. The minimum Gasteiger partial charge on any atom is -0.394 e. The number of unbranched alkanes of at least 4 members (excludes halogenated alkanes) is 28. The number of carbonyl (C=O) groups is 1. The van der Waals surface area contributed by atoms with Crippen molar-refractivity contribution in [3.05, 3.63) is 24.3 Å². The third-order valence-electron chi connectivity index (χ3n) is 12.1. The zero-order valence-electron chi connectivity index (χ0n) is 38.3. The van der Waals surface area contributed by atoms with Gasteiger partial charge in [0.1, 0.15) is 24.4 Å². The molecule has 7 unspecified atom stereocenters. The zero-order chi connectivity index (χ0) is 43.0. The van der Waals surface area contributed by atoms with Gasteiger partial charge in [-0.2, -0.15) is 0 Å². The van der Waals surface area contributed by atoms with Crippen LogP contribution in [-0.4, -0.2) is 87.5 Å². The largest absolute Gasteiger partial charge is 0.394 e. The predicted octanol–water partition coefficient (Wildman–Crippen LogP) is 11.1. The highest BCUT2D eigenvalue weighted by Crippen LogP contribution is 2.23. The van der Waals surface area contributed by atoms with Crippen LogP contribution in [0.3, 0.4) is 0 Å². The summed E-state index contributed by atoms with van der Waals surface area (Å²) in [4.78, 5) is 13.0. The molecule has 1 heterocycles. The fourth-order valence-electron chi connectivity index (χ4n) is 8.02. The summed E-state index contributed by atoms with van der Waals surface area (Å²) in [6, 6.07) is -0.718. The van der Waals surface area contributed by atoms with Crippen LogP contribution in [0.4, 0.5) is 0 Å². The minimum absolute atomic E-state index is 0.138. The van der Waals surface area contributed by atoms with Gasteiger partial charge in [-0.3, -0.25) is 4.79 Å². The highest BCUT2D eigenvalue weighted by Gasteiger charge is 2.44. The van der Waals surface area contributed by atoms with Crippen LogP contribution in [0, 0.1) is 0 Å². The Morgan fingerprint density at radius 2 is 1.00 bits per heavy atom. The molecule has 1 saturated heterocycles. The third-order valence-corrected chi connectivity index (χ3v) is 12.1. The molecule has 0 aromatic heterocycles. The average molecular weight is 838 g/mol. The Morgan fingerprint density at radius 3 is 1.46 bits per heavy atom. The van der Waals surface area contributed by atoms with Gasteiger partial charge in [0.2, 0.25) is 5.91 Å². The van der Waals surface area contributed by atoms with Crippen LogP contribution >= 0.6 is 0 Å². The number of hydrogen-bond donors (Lipinski definition) is 6. The van der Waals surface area contributed by atoms with Crippen molar-refractivity contribution >= 4 is 5.91 Å². The monoisotopic (exact) mass is 838 g/mol. The van der Waals surface area contributed by atoms with Crippen LogP contribution in [0.15, 0.2) is 24.3 Å². The molecular formula is C50H95NO8. The molecule has 7 atom stereocenters. The Kier molecular flexibility index (Phi) is 38.4.